The number of aromatic nitrogens is 2. The predicted octanol–water partition coefficient (Wildman–Crippen LogP) is 0.875. The Balaban J connectivity index is 1.45. The molecule has 32 heavy (non-hydrogen) atoms. The van der Waals surface area contributed by atoms with Crippen molar-refractivity contribution in [2.24, 2.45) is 0 Å². The van der Waals surface area contributed by atoms with Crippen LogP contribution in [0.4, 0.5) is 0 Å². The van der Waals surface area contributed by atoms with Crippen molar-refractivity contribution in [2.75, 3.05) is 53.7 Å². The number of rotatable bonds is 7. The van der Waals surface area contributed by atoms with E-state index in [0.29, 0.717) is 81.8 Å². The molecule has 0 saturated carbocycles. The number of hydrogen-bond donors (Lipinski definition) is 1. The molecule has 3 heterocycles. The van der Waals surface area contributed by atoms with Crippen LogP contribution in [0.3, 0.4) is 0 Å². The second-order valence-corrected chi connectivity index (χ2v) is 7.56. The number of benzene rings is 1. The molecule has 2 aromatic rings. The molecule has 2 aliphatic heterocycles. The van der Waals surface area contributed by atoms with Crippen molar-refractivity contribution in [1.29, 1.82) is 0 Å². The first-order valence-electron chi connectivity index (χ1n) is 10.6. The van der Waals surface area contributed by atoms with E-state index in [9.17, 15) is 9.59 Å². The molecule has 0 spiro atoms. The summed E-state index contributed by atoms with van der Waals surface area (Å²) in [5, 5.41) is 7.51. The summed E-state index contributed by atoms with van der Waals surface area (Å²) >= 11 is 0. The van der Waals surface area contributed by atoms with Gasteiger partial charge in [-0.3, -0.25) is 14.3 Å². The minimum atomic E-state index is -0.240. The smallest absolute Gasteiger partial charge is 0.274 e. The zero-order valence-electron chi connectivity index (χ0n) is 18.4. The van der Waals surface area contributed by atoms with Gasteiger partial charge in [0.25, 0.3) is 11.8 Å². The highest BCUT2D eigenvalue weighted by Gasteiger charge is 2.29. The summed E-state index contributed by atoms with van der Waals surface area (Å²) in [6, 6.07) is 5.02. The number of methoxy groups -OCH3 is 2. The van der Waals surface area contributed by atoms with E-state index in [0.717, 1.165) is 11.3 Å². The predicted molar refractivity (Wildman–Crippen MR) is 114 cm³/mol. The molecule has 172 valence electrons. The maximum atomic E-state index is 13.0. The topological polar surface area (TPSA) is 104 Å². The Kier molecular flexibility index (Phi) is 6.91. The number of ether oxygens (including phenoxy) is 4. The standard InChI is InChI=1S/C22H28N4O6/c1-29-16-11-15(12-17(13-16)30-2)21(27)23-4-5-26-19-3-8-32-14-18(19)20(24-26)22(28)25-6-9-31-10-7-25/h11-13H,3-10,14H2,1-2H3,(H,23,27). The fourth-order valence-corrected chi connectivity index (χ4v) is 3.90. The quantitative estimate of drug-likeness (QED) is 0.676. The largest absolute Gasteiger partial charge is 0.497 e. The van der Waals surface area contributed by atoms with Crippen LogP contribution in [0.25, 0.3) is 0 Å². The Labute approximate surface area is 186 Å². The number of fused-ring (bicyclic) bond motifs is 1. The van der Waals surface area contributed by atoms with Gasteiger partial charge in [0.15, 0.2) is 5.69 Å². The van der Waals surface area contributed by atoms with Gasteiger partial charge in [-0.2, -0.15) is 5.10 Å². The van der Waals surface area contributed by atoms with Crippen LogP contribution in [0.15, 0.2) is 18.2 Å². The molecule has 10 heteroatoms. The third-order valence-corrected chi connectivity index (χ3v) is 5.62. The van der Waals surface area contributed by atoms with Crippen LogP contribution in [-0.4, -0.2) is 80.2 Å². The highest BCUT2D eigenvalue weighted by Crippen LogP contribution is 2.24. The Hall–Kier alpha value is -3.11. The average Bonchev–Trinajstić information content (AvgIpc) is 3.22. The number of amides is 2. The molecule has 2 aliphatic rings. The number of hydrogen-bond acceptors (Lipinski definition) is 7. The third-order valence-electron chi connectivity index (χ3n) is 5.62. The number of carbonyl (C=O) groups is 2. The van der Waals surface area contributed by atoms with Gasteiger partial charge in [0.05, 0.1) is 47.2 Å². The lowest BCUT2D eigenvalue weighted by Crippen LogP contribution is -2.41. The molecule has 1 N–H and O–H groups in total. The number of carbonyl (C=O) groups excluding carboxylic acids is 2. The van der Waals surface area contributed by atoms with Gasteiger partial charge in [-0.1, -0.05) is 0 Å². The molecular weight excluding hydrogens is 416 g/mol. The van der Waals surface area contributed by atoms with Gasteiger partial charge >= 0.3 is 0 Å². The molecule has 0 radical (unpaired) electrons. The summed E-state index contributed by atoms with van der Waals surface area (Å²) in [4.78, 5) is 27.4. The Bertz CT molecular complexity index is 961. The minimum Gasteiger partial charge on any atom is -0.497 e. The third kappa shape index (κ3) is 4.71. The zero-order chi connectivity index (χ0) is 22.5. The molecule has 1 saturated heterocycles. The molecule has 10 nitrogen and oxygen atoms in total. The Morgan fingerprint density at radius 3 is 2.47 bits per heavy atom. The Morgan fingerprint density at radius 2 is 1.78 bits per heavy atom. The summed E-state index contributed by atoms with van der Waals surface area (Å²) in [6.07, 6.45) is 0.680. The molecule has 0 unspecified atom stereocenters. The van der Waals surface area contributed by atoms with E-state index in [1.165, 1.54) is 14.2 Å². The van der Waals surface area contributed by atoms with Crippen molar-refractivity contribution in [2.45, 2.75) is 19.6 Å². The van der Waals surface area contributed by atoms with E-state index in [4.69, 9.17) is 18.9 Å². The van der Waals surface area contributed by atoms with Gasteiger partial charge in [-0.25, -0.2) is 0 Å². The molecule has 1 fully saturated rings. The molecular formula is C22H28N4O6. The summed E-state index contributed by atoms with van der Waals surface area (Å²) in [5.41, 5.74) is 2.72. The van der Waals surface area contributed by atoms with E-state index >= 15 is 0 Å². The second kappa shape index (κ2) is 10.0. The van der Waals surface area contributed by atoms with Crippen LogP contribution in [0.1, 0.15) is 32.1 Å². The lowest BCUT2D eigenvalue weighted by atomic mass is 10.1. The van der Waals surface area contributed by atoms with Gasteiger partial charge in [0.1, 0.15) is 11.5 Å². The van der Waals surface area contributed by atoms with E-state index in [1.54, 1.807) is 23.1 Å². The Morgan fingerprint density at radius 1 is 1.06 bits per heavy atom. The zero-order valence-corrected chi connectivity index (χ0v) is 18.4. The monoisotopic (exact) mass is 444 g/mol. The molecule has 0 aliphatic carbocycles. The van der Waals surface area contributed by atoms with Crippen LogP contribution in [-0.2, 0) is 29.0 Å². The van der Waals surface area contributed by atoms with Gasteiger partial charge in [-0.05, 0) is 12.1 Å². The number of nitrogens with one attached hydrogen (secondary N) is 1. The molecule has 1 aromatic heterocycles. The van der Waals surface area contributed by atoms with Crippen molar-refractivity contribution in [3.8, 4) is 11.5 Å². The molecule has 2 amide bonds. The summed E-state index contributed by atoms with van der Waals surface area (Å²) < 4.78 is 23.2. The fraction of sp³-hybridized carbons (Fsp3) is 0.500. The summed E-state index contributed by atoms with van der Waals surface area (Å²) in [6.45, 7) is 3.95. The van der Waals surface area contributed by atoms with Crippen molar-refractivity contribution >= 4 is 11.8 Å². The van der Waals surface area contributed by atoms with E-state index in [2.05, 4.69) is 10.4 Å². The summed E-state index contributed by atoms with van der Waals surface area (Å²) in [5.74, 6) is 0.751. The number of morpholine rings is 1. The van der Waals surface area contributed by atoms with Gasteiger partial charge < -0.3 is 29.2 Å². The van der Waals surface area contributed by atoms with Crippen molar-refractivity contribution < 1.29 is 28.5 Å². The van der Waals surface area contributed by atoms with Crippen LogP contribution < -0.4 is 14.8 Å². The van der Waals surface area contributed by atoms with E-state index in [1.807, 2.05) is 4.68 Å². The summed E-state index contributed by atoms with van der Waals surface area (Å²) in [7, 11) is 3.08. The van der Waals surface area contributed by atoms with Gasteiger partial charge in [0.2, 0.25) is 0 Å². The first kappa shape index (κ1) is 22.1. The van der Waals surface area contributed by atoms with Crippen molar-refractivity contribution in [3.63, 3.8) is 0 Å². The van der Waals surface area contributed by atoms with E-state index in [-0.39, 0.29) is 11.8 Å². The molecule has 1 aromatic carbocycles. The average molecular weight is 444 g/mol. The number of nitrogens with zero attached hydrogens (tertiary/aromatic N) is 3. The van der Waals surface area contributed by atoms with Gasteiger partial charge in [-0.15, -0.1) is 0 Å². The van der Waals surface area contributed by atoms with E-state index < -0.39 is 0 Å². The SMILES string of the molecule is COc1cc(OC)cc(C(=O)NCCn2nc(C(=O)N3CCOCC3)c3c2CCOC3)c1. The highest BCUT2D eigenvalue weighted by molar-refractivity contribution is 5.95. The normalized spacial score (nSPS) is 15.8. The molecule has 0 atom stereocenters. The maximum Gasteiger partial charge on any atom is 0.274 e. The van der Waals surface area contributed by atoms with Crippen molar-refractivity contribution in [1.82, 2.24) is 20.0 Å². The van der Waals surface area contributed by atoms with Crippen LogP contribution in [0.5, 0.6) is 11.5 Å². The lowest BCUT2D eigenvalue weighted by Gasteiger charge is -2.26. The van der Waals surface area contributed by atoms with Gasteiger partial charge in [0, 0.05) is 48.9 Å². The fourth-order valence-electron chi connectivity index (χ4n) is 3.90. The molecule has 0 bridgehead atoms. The highest BCUT2D eigenvalue weighted by atomic mass is 16.5. The van der Waals surface area contributed by atoms with Crippen LogP contribution in [0.2, 0.25) is 0 Å². The second-order valence-electron chi connectivity index (χ2n) is 7.56. The van der Waals surface area contributed by atoms with Crippen LogP contribution in [0, 0.1) is 0 Å². The first-order valence-corrected chi connectivity index (χ1v) is 10.6. The van der Waals surface area contributed by atoms with Crippen LogP contribution >= 0.6 is 0 Å². The molecule has 4 rings (SSSR count). The van der Waals surface area contributed by atoms with Crippen molar-refractivity contribution in [3.05, 3.63) is 40.7 Å². The minimum absolute atomic E-state index is 0.0960. The maximum absolute atomic E-state index is 13.0. The first-order chi connectivity index (χ1) is 15.6. The lowest BCUT2D eigenvalue weighted by molar-refractivity contribution is 0.0294.